The fourth-order valence-corrected chi connectivity index (χ4v) is 2.87. The number of hydrogen-bond acceptors (Lipinski definition) is 6. The van der Waals surface area contributed by atoms with Crippen molar-refractivity contribution in [3.63, 3.8) is 0 Å². The summed E-state index contributed by atoms with van der Waals surface area (Å²) in [6, 6.07) is 5.53. The molecule has 1 aliphatic heterocycles. The third-order valence-corrected chi connectivity index (χ3v) is 3.85. The number of rotatable bonds is 4. The minimum absolute atomic E-state index is 0. The van der Waals surface area contributed by atoms with Crippen LogP contribution in [0.4, 0.5) is 5.13 Å². The molecular weight excluding hydrogens is 338 g/mol. The van der Waals surface area contributed by atoms with E-state index in [0.717, 1.165) is 22.8 Å². The van der Waals surface area contributed by atoms with Gasteiger partial charge in [-0.25, -0.2) is 4.98 Å². The maximum absolute atomic E-state index is 11.7. The molecule has 0 fully saturated rings. The number of thiazole rings is 1. The lowest BCUT2D eigenvalue weighted by atomic mass is 10.1. The Hall–Kier alpha value is -1.83. The molecule has 1 unspecified atom stereocenters. The maximum atomic E-state index is 11.7. The van der Waals surface area contributed by atoms with Crippen LogP contribution in [0.3, 0.4) is 0 Å². The Kier molecular flexibility index (Phi) is 5.81. The Balaban J connectivity index is 0.00000192. The van der Waals surface area contributed by atoms with E-state index < -0.39 is 0 Å². The summed E-state index contributed by atoms with van der Waals surface area (Å²) >= 11 is 1.38. The summed E-state index contributed by atoms with van der Waals surface area (Å²) in [6.45, 7) is 2.91. The van der Waals surface area contributed by atoms with E-state index in [9.17, 15) is 4.79 Å². The van der Waals surface area contributed by atoms with Gasteiger partial charge in [0.05, 0.1) is 5.69 Å². The highest BCUT2D eigenvalue weighted by atomic mass is 35.5. The van der Waals surface area contributed by atoms with Crippen LogP contribution < -0.4 is 20.5 Å². The number of hydrogen-bond donors (Lipinski definition) is 2. The summed E-state index contributed by atoms with van der Waals surface area (Å²) in [5, 5.41) is 5.22. The van der Waals surface area contributed by atoms with Gasteiger partial charge in [-0.2, -0.15) is 0 Å². The van der Waals surface area contributed by atoms with Gasteiger partial charge in [-0.05, 0) is 25.1 Å². The third-order valence-electron chi connectivity index (χ3n) is 3.10. The summed E-state index contributed by atoms with van der Waals surface area (Å²) in [5.41, 5.74) is 7.32. The monoisotopic (exact) mass is 355 g/mol. The van der Waals surface area contributed by atoms with Crippen LogP contribution in [0.25, 0.3) is 11.3 Å². The third kappa shape index (κ3) is 4.34. The van der Waals surface area contributed by atoms with Crippen molar-refractivity contribution in [1.29, 1.82) is 0 Å². The van der Waals surface area contributed by atoms with Crippen molar-refractivity contribution in [1.82, 2.24) is 4.98 Å². The second-order valence-corrected chi connectivity index (χ2v) is 5.98. The normalized spacial score (nSPS) is 13.8. The van der Waals surface area contributed by atoms with Gasteiger partial charge < -0.3 is 20.5 Å². The Morgan fingerprint density at radius 3 is 2.87 bits per heavy atom. The van der Waals surface area contributed by atoms with Crippen LogP contribution in [0.1, 0.15) is 13.3 Å². The van der Waals surface area contributed by atoms with Crippen LogP contribution in [-0.2, 0) is 4.79 Å². The largest absolute Gasteiger partial charge is 0.486 e. The van der Waals surface area contributed by atoms with E-state index in [4.69, 9.17) is 15.2 Å². The Morgan fingerprint density at radius 2 is 2.13 bits per heavy atom. The zero-order valence-corrected chi connectivity index (χ0v) is 14.2. The predicted molar refractivity (Wildman–Crippen MR) is 92.7 cm³/mol. The lowest BCUT2D eigenvalue weighted by molar-refractivity contribution is -0.116. The van der Waals surface area contributed by atoms with Crippen LogP contribution in [0.15, 0.2) is 23.6 Å². The molecule has 0 saturated heterocycles. The number of carbonyl (C=O) groups is 1. The molecule has 0 saturated carbocycles. The van der Waals surface area contributed by atoms with Gasteiger partial charge in [0.25, 0.3) is 0 Å². The lowest BCUT2D eigenvalue weighted by Gasteiger charge is -2.18. The SMILES string of the molecule is CC(N)CC(=O)Nc1nc(-c2ccc3c(c2)OCCO3)cs1.Cl. The van der Waals surface area contributed by atoms with Crippen LogP contribution in [0.2, 0.25) is 0 Å². The molecule has 0 spiro atoms. The minimum atomic E-state index is -0.169. The van der Waals surface area contributed by atoms with Crippen molar-refractivity contribution in [2.45, 2.75) is 19.4 Å². The summed E-state index contributed by atoms with van der Waals surface area (Å²) in [7, 11) is 0. The molecule has 3 N–H and O–H groups in total. The van der Waals surface area contributed by atoms with E-state index >= 15 is 0 Å². The fourth-order valence-electron chi connectivity index (χ4n) is 2.13. The molecule has 1 aromatic heterocycles. The van der Waals surface area contributed by atoms with E-state index in [2.05, 4.69) is 10.3 Å². The lowest BCUT2D eigenvalue weighted by Crippen LogP contribution is -2.23. The summed E-state index contributed by atoms with van der Waals surface area (Å²) in [4.78, 5) is 16.1. The fraction of sp³-hybridized carbons (Fsp3) is 0.333. The Labute approximate surface area is 144 Å². The van der Waals surface area contributed by atoms with Gasteiger partial charge in [0.15, 0.2) is 16.6 Å². The van der Waals surface area contributed by atoms with Crippen molar-refractivity contribution in [2.75, 3.05) is 18.5 Å². The van der Waals surface area contributed by atoms with Crippen molar-refractivity contribution in [3.05, 3.63) is 23.6 Å². The minimum Gasteiger partial charge on any atom is -0.486 e. The van der Waals surface area contributed by atoms with Gasteiger partial charge in [-0.15, -0.1) is 23.7 Å². The number of nitrogens with two attached hydrogens (primary N) is 1. The van der Waals surface area contributed by atoms with E-state index in [1.54, 1.807) is 6.92 Å². The van der Waals surface area contributed by atoms with E-state index in [1.807, 2.05) is 23.6 Å². The number of amides is 1. The van der Waals surface area contributed by atoms with Crippen molar-refractivity contribution in [3.8, 4) is 22.8 Å². The number of fused-ring (bicyclic) bond motifs is 1. The quantitative estimate of drug-likeness (QED) is 0.880. The Bertz CT molecular complexity index is 690. The van der Waals surface area contributed by atoms with Crippen LogP contribution in [0.5, 0.6) is 11.5 Å². The van der Waals surface area contributed by atoms with Gasteiger partial charge in [0, 0.05) is 23.4 Å². The highest BCUT2D eigenvalue weighted by Gasteiger charge is 2.14. The maximum Gasteiger partial charge on any atom is 0.227 e. The number of nitrogens with zero attached hydrogens (tertiary/aromatic N) is 1. The van der Waals surface area contributed by atoms with Gasteiger partial charge in [-0.1, -0.05) is 0 Å². The van der Waals surface area contributed by atoms with Crippen LogP contribution >= 0.6 is 23.7 Å². The second kappa shape index (κ2) is 7.63. The highest BCUT2D eigenvalue weighted by Crippen LogP contribution is 2.35. The molecule has 23 heavy (non-hydrogen) atoms. The first-order valence-electron chi connectivity index (χ1n) is 7.03. The molecule has 0 radical (unpaired) electrons. The Morgan fingerprint density at radius 1 is 1.39 bits per heavy atom. The summed E-state index contributed by atoms with van der Waals surface area (Å²) in [6.07, 6.45) is 0.277. The molecule has 1 aromatic carbocycles. The molecular formula is C15H18ClN3O3S. The van der Waals surface area contributed by atoms with Gasteiger partial charge in [-0.3, -0.25) is 4.79 Å². The predicted octanol–water partition coefficient (Wildman–Crippen LogP) is 2.68. The van der Waals surface area contributed by atoms with Gasteiger partial charge in [0.2, 0.25) is 5.91 Å². The molecule has 2 heterocycles. The number of ether oxygens (including phenoxy) is 2. The molecule has 6 nitrogen and oxygen atoms in total. The molecule has 1 amide bonds. The van der Waals surface area contributed by atoms with E-state index in [0.29, 0.717) is 18.3 Å². The average Bonchev–Trinajstić information content (AvgIpc) is 2.94. The van der Waals surface area contributed by atoms with Gasteiger partial charge in [0.1, 0.15) is 13.2 Å². The van der Waals surface area contributed by atoms with Crippen LogP contribution in [-0.4, -0.2) is 30.1 Å². The molecule has 0 bridgehead atoms. The molecule has 0 aliphatic carbocycles. The smallest absolute Gasteiger partial charge is 0.227 e. The van der Waals surface area contributed by atoms with E-state index in [1.165, 1.54) is 11.3 Å². The number of aromatic nitrogens is 1. The number of anilines is 1. The molecule has 2 aromatic rings. The average molecular weight is 356 g/mol. The molecule has 3 rings (SSSR count). The highest BCUT2D eigenvalue weighted by molar-refractivity contribution is 7.14. The standard InChI is InChI=1S/C15H17N3O3S.ClH/c1-9(16)6-14(19)18-15-17-11(8-22-15)10-2-3-12-13(7-10)21-5-4-20-12;/h2-3,7-9H,4-6,16H2,1H3,(H,17,18,19);1H. The molecule has 1 aliphatic rings. The van der Waals surface area contributed by atoms with Crippen LogP contribution in [0, 0.1) is 0 Å². The summed E-state index contributed by atoms with van der Waals surface area (Å²) < 4.78 is 11.1. The van der Waals surface area contributed by atoms with E-state index in [-0.39, 0.29) is 30.8 Å². The van der Waals surface area contributed by atoms with Crippen molar-refractivity contribution >= 4 is 34.8 Å². The number of carbonyl (C=O) groups excluding carboxylic acids is 1. The number of halogens is 1. The molecule has 1 atom stereocenters. The summed E-state index contributed by atoms with van der Waals surface area (Å²) in [5.74, 6) is 1.34. The van der Waals surface area contributed by atoms with Crippen molar-refractivity contribution < 1.29 is 14.3 Å². The topological polar surface area (TPSA) is 86.5 Å². The number of nitrogens with one attached hydrogen (secondary N) is 1. The zero-order chi connectivity index (χ0) is 15.5. The first-order valence-corrected chi connectivity index (χ1v) is 7.91. The molecule has 8 heteroatoms. The first kappa shape index (κ1) is 17.5. The second-order valence-electron chi connectivity index (χ2n) is 5.13. The first-order chi connectivity index (χ1) is 10.6. The zero-order valence-electron chi connectivity index (χ0n) is 12.6. The van der Waals surface area contributed by atoms with Crippen molar-refractivity contribution in [2.24, 2.45) is 5.73 Å². The molecule has 124 valence electrons. The van der Waals surface area contributed by atoms with Gasteiger partial charge >= 0.3 is 0 Å². The number of benzene rings is 1.